The van der Waals surface area contributed by atoms with Crippen LogP contribution in [0.4, 0.5) is 0 Å². The average Bonchev–Trinajstić information content (AvgIpc) is 2.64. The summed E-state index contributed by atoms with van der Waals surface area (Å²) < 4.78 is 11.9. The number of hydrogen-bond acceptors (Lipinski definition) is 4. The fraction of sp³-hybridized carbons (Fsp3) is 0.455. The van der Waals surface area contributed by atoms with Gasteiger partial charge in [0, 0.05) is 29.7 Å². The number of nitrogens with zero attached hydrogens (tertiary/aromatic N) is 1. The van der Waals surface area contributed by atoms with Crippen molar-refractivity contribution in [2.45, 2.75) is 38.3 Å². The number of ether oxygens (including phenoxy) is 2. The summed E-state index contributed by atoms with van der Waals surface area (Å²) in [4.78, 5) is 2.23. The van der Waals surface area contributed by atoms with Gasteiger partial charge >= 0.3 is 0 Å². The molecule has 0 bridgehead atoms. The third-order valence-corrected chi connectivity index (χ3v) is 5.27. The van der Waals surface area contributed by atoms with E-state index in [4.69, 9.17) is 32.7 Å². The summed E-state index contributed by atoms with van der Waals surface area (Å²) >= 11 is 12.1. The van der Waals surface area contributed by atoms with Crippen LogP contribution in [0.1, 0.15) is 31.1 Å². The molecule has 160 valence electrons. The van der Waals surface area contributed by atoms with Crippen molar-refractivity contribution in [2.24, 2.45) is 0 Å². The Hall–Kier alpha value is -0.850. The zero-order chi connectivity index (χ0) is 20.1. The highest BCUT2D eigenvalue weighted by Gasteiger charge is 2.24. The van der Waals surface area contributed by atoms with Crippen LogP contribution in [0.2, 0.25) is 10.0 Å². The molecular weight excluding hydrogens is 433 g/mol. The van der Waals surface area contributed by atoms with Crippen LogP contribution in [0, 0.1) is 0 Å². The normalized spacial score (nSPS) is 21.0. The number of benzene rings is 2. The second-order valence-electron chi connectivity index (χ2n) is 7.45. The molecule has 3 rings (SSSR count). The zero-order valence-electron chi connectivity index (χ0n) is 16.6. The lowest BCUT2D eigenvalue weighted by Gasteiger charge is -2.36. The fourth-order valence-electron chi connectivity index (χ4n) is 3.65. The molecule has 2 aromatic rings. The number of rotatable bonds is 7. The van der Waals surface area contributed by atoms with E-state index in [9.17, 15) is 5.11 Å². The predicted molar refractivity (Wildman–Crippen MR) is 113 cm³/mol. The SMILES string of the molecule is CC1CN(CC(O)COC(c2ccc(Cl)cc2)c2ccc(Cl)cc2)CC(C)O1.[Cl-]. The highest BCUT2D eigenvalue weighted by molar-refractivity contribution is 6.30. The van der Waals surface area contributed by atoms with Gasteiger partial charge in [-0.3, -0.25) is 4.90 Å². The molecule has 0 radical (unpaired) electrons. The van der Waals surface area contributed by atoms with Crippen molar-refractivity contribution in [1.82, 2.24) is 4.90 Å². The summed E-state index contributed by atoms with van der Waals surface area (Å²) in [5.74, 6) is 0. The van der Waals surface area contributed by atoms with Crippen LogP contribution in [-0.2, 0) is 9.47 Å². The number of halogens is 3. The van der Waals surface area contributed by atoms with Gasteiger partial charge in [-0.2, -0.15) is 0 Å². The maximum absolute atomic E-state index is 10.6. The lowest BCUT2D eigenvalue weighted by atomic mass is 10.0. The Bertz CT molecular complexity index is 686. The lowest BCUT2D eigenvalue weighted by molar-refractivity contribution is -0.0843. The van der Waals surface area contributed by atoms with Crippen molar-refractivity contribution in [2.75, 3.05) is 26.2 Å². The van der Waals surface area contributed by atoms with Crippen LogP contribution in [0.5, 0.6) is 0 Å². The summed E-state index contributed by atoms with van der Waals surface area (Å²) in [7, 11) is 0. The number of morpholine rings is 1. The predicted octanol–water partition coefficient (Wildman–Crippen LogP) is 1.57. The summed E-state index contributed by atoms with van der Waals surface area (Å²) in [6, 6.07) is 15.1. The molecule has 3 unspecified atom stereocenters. The molecule has 2 aromatic carbocycles. The zero-order valence-corrected chi connectivity index (χ0v) is 18.9. The first kappa shape index (κ1) is 24.4. The molecular formula is C22H27Cl3NO3-. The van der Waals surface area contributed by atoms with Gasteiger partial charge in [0.25, 0.3) is 0 Å². The first-order valence-corrected chi connectivity index (χ1v) is 10.3. The second kappa shape index (κ2) is 11.5. The van der Waals surface area contributed by atoms with Crippen LogP contribution >= 0.6 is 23.2 Å². The number of aliphatic hydroxyl groups excluding tert-OH is 1. The Morgan fingerprint density at radius 3 is 1.86 bits per heavy atom. The second-order valence-corrected chi connectivity index (χ2v) is 8.32. The van der Waals surface area contributed by atoms with Gasteiger partial charge in [0.15, 0.2) is 0 Å². The first-order valence-electron chi connectivity index (χ1n) is 9.59. The molecule has 29 heavy (non-hydrogen) atoms. The molecule has 0 spiro atoms. The molecule has 1 N–H and O–H groups in total. The van der Waals surface area contributed by atoms with E-state index in [1.807, 2.05) is 48.5 Å². The summed E-state index contributed by atoms with van der Waals surface area (Å²) in [5, 5.41) is 11.9. The van der Waals surface area contributed by atoms with Crippen molar-refractivity contribution >= 4 is 23.2 Å². The van der Waals surface area contributed by atoms with E-state index < -0.39 is 6.10 Å². The van der Waals surface area contributed by atoms with Crippen LogP contribution in [0.25, 0.3) is 0 Å². The Kier molecular flexibility index (Phi) is 9.70. The van der Waals surface area contributed by atoms with Crippen molar-refractivity contribution in [1.29, 1.82) is 0 Å². The maximum Gasteiger partial charge on any atom is 0.108 e. The molecule has 1 saturated heterocycles. The highest BCUT2D eigenvalue weighted by Crippen LogP contribution is 2.28. The molecule has 1 fully saturated rings. The quantitative estimate of drug-likeness (QED) is 0.683. The molecule has 0 aromatic heterocycles. The first-order chi connectivity index (χ1) is 13.4. The molecule has 1 aliphatic rings. The van der Waals surface area contributed by atoms with E-state index in [2.05, 4.69) is 18.7 Å². The minimum atomic E-state index is -0.584. The van der Waals surface area contributed by atoms with Gasteiger partial charge in [-0.1, -0.05) is 47.5 Å². The van der Waals surface area contributed by atoms with Gasteiger partial charge in [0.2, 0.25) is 0 Å². The molecule has 7 heteroatoms. The topological polar surface area (TPSA) is 41.9 Å². The molecule has 0 aliphatic carbocycles. The van der Waals surface area contributed by atoms with E-state index >= 15 is 0 Å². The number of aliphatic hydroxyl groups is 1. The van der Waals surface area contributed by atoms with Gasteiger partial charge < -0.3 is 27.0 Å². The van der Waals surface area contributed by atoms with Crippen molar-refractivity contribution in [3.05, 3.63) is 69.7 Å². The van der Waals surface area contributed by atoms with Gasteiger partial charge in [-0.15, -0.1) is 0 Å². The van der Waals surface area contributed by atoms with E-state index in [0.717, 1.165) is 24.2 Å². The molecule has 1 heterocycles. The minimum Gasteiger partial charge on any atom is -1.00 e. The van der Waals surface area contributed by atoms with Crippen molar-refractivity contribution in [3.8, 4) is 0 Å². The smallest absolute Gasteiger partial charge is 0.108 e. The minimum absolute atomic E-state index is 0. The summed E-state index contributed by atoms with van der Waals surface area (Å²) in [6.07, 6.45) is -0.535. The monoisotopic (exact) mass is 458 g/mol. The molecule has 1 aliphatic heterocycles. The average molecular weight is 460 g/mol. The fourth-order valence-corrected chi connectivity index (χ4v) is 3.90. The van der Waals surface area contributed by atoms with Crippen LogP contribution in [0.15, 0.2) is 48.5 Å². The molecule has 0 saturated carbocycles. The van der Waals surface area contributed by atoms with Crippen molar-refractivity contribution in [3.63, 3.8) is 0 Å². The van der Waals surface area contributed by atoms with E-state index in [1.54, 1.807) is 0 Å². The summed E-state index contributed by atoms with van der Waals surface area (Å²) in [5.41, 5.74) is 1.96. The van der Waals surface area contributed by atoms with Crippen LogP contribution < -0.4 is 12.4 Å². The Morgan fingerprint density at radius 1 is 0.966 bits per heavy atom. The largest absolute Gasteiger partial charge is 1.00 e. The van der Waals surface area contributed by atoms with E-state index in [-0.39, 0.29) is 37.3 Å². The van der Waals surface area contributed by atoms with Crippen LogP contribution in [0.3, 0.4) is 0 Å². The van der Waals surface area contributed by atoms with Crippen molar-refractivity contribution < 1.29 is 27.0 Å². The van der Waals surface area contributed by atoms with Gasteiger partial charge in [-0.05, 0) is 49.2 Å². The third-order valence-electron chi connectivity index (χ3n) is 4.76. The van der Waals surface area contributed by atoms with Gasteiger partial charge in [0.1, 0.15) is 6.10 Å². The number of hydrogen-bond donors (Lipinski definition) is 1. The molecule has 0 amide bonds. The Labute approximate surface area is 189 Å². The molecule has 3 atom stereocenters. The van der Waals surface area contributed by atoms with E-state index in [1.165, 1.54) is 0 Å². The molecule has 4 nitrogen and oxygen atoms in total. The Balaban J connectivity index is 0.00000300. The lowest BCUT2D eigenvalue weighted by Crippen LogP contribution is -3.00. The van der Waals surface area contributed by atoms with Crippen LogP contribution in [-0.4, -0.2) is 54.6 Å². The highest BCUT2D eigenvalue weighted by atomic mass is 35.5. The number of β-amino-alcohol motifs (C(OH)–C–C–N with tert-alkyl or cyclic N) is 1. The Morgan fingerprint density at radius 2 is 1.41 bits per heavy atom. The standard InChI is InChI=1S/C22H27Cl2NO3.ClH/c1-15-11-25(12-16(2)28-15)13-21(26)14-27-22(17-3-7-19(23)8-4-17)18-5-9-20(24)10-6-18;/h3-10,15-16,21-22,26H,11-14H2,1-2H3;1H/p-1. The third kappa shape index (κ3) is 7.41. The van der Waals surface area contributed by atoms with Gasteiger partial charge in [0.05, 0.1) is 24.9 Å². The maximum atomic E-state index is 10.6. The van der Waals surface area contributed by atoms with Gasteiger partial charge in [-0.25, -0.2) is 0 Å². The van der Waals surface area contributed by atoms with E-state index in [0.29, 0.717) is 16.6 Å². The summed E-state index contributed by atoms with van der Waals surface area (Å²) in [6.45, 7) is 6.55.